The lowest BCUT2D eigenvalue weighted by atomic mass is 9.85. The number of para-hydroxylation sites is 1. The topological polar surface area (TPSA) is 60.3 Å². The number of carbonyl (C=O) groups is 1. The molecule has 0 radical (unpaired) electrons. The van der Waals surface area contributed by atoms with Crippen LogP contribution in [0.3, 0.4) is 0 Å². The number of fused-ring (bicyclic) bond motifs is 1. The number of thiazole rings is 1. The van der Waals surface area contributed by atoms with Gasteiger partial charge in [-0.3, -0.25) is 14.2 Å². The van der Waals surface area contributed by atoms with Gasteiger partial charge in [0.25, 0.3) is 0 Å². The van der Waals surface area contributed by atoms with E-state index in [1.807, 2.05) is 85.8 Å². The van der Waals surface area contributed by atoms with Crippen LogP contribution < -0.4 is 14.9 Å². The monoisotopic (exact) mass is 488 g/mol. The Morgan fingerprint density at radius 3 is 2.38 bits per heavy atom. The molecule has 0 spiro atoms. The van der Waals surface area contributed by atoms with Crippen LogP contribution in [0, 0.1) is 12.8 Å². The molecule has 0 fully saturated rings. The molecule has 0 saturated heterocycles. The minimum atomic E-state index is -0.325. The summed E-state index contributed by atoms with van der Waals surface area (Å²) >= 11 is 2.80. The molecule has 2 atom stereocenters. The van der Waals surface area contributed by atoms with E-state index < -0.39 is 0 Å². The second-order valence-corrected chi connectivity index (χ2v) is 10.2. The first-order valence-corrected chi connectivity index (χ1v) is 12.8. The number of nitrogens with zero attached hydrogens (tertiary/aromatic N) is 1. The summed E-state index contributed by atoms with van der Waals surface area (Å²) in [6.45, 7) is 2.02. The van der Waals surface area contributed by atoms with Gasteiger partial charge >= 0.3 is 4.87 Å². The number of aromatic nitrogens is 1. The second-order valence-electron chi connectivity index (χ2n) is 8.23. The van der Waals surface area contributed by atoms with Crippen molar-refractivity contribution >= 4 is 34.7 Å². The molecule has 1 aliphatic heterocycles. The van der Waals surface area contributed by atoms with E-state index >= 15 is 0 Å². The Labute approximate surface area is 206 Å². The summed E-state index contributed by atoms with van der Waals surface area (Å²) in [7, 11) is 1.63. The van der Waals surface area contributed by atoms with Crippen LogP contribution in [0.25, 0.3) is 5.69 Å². The van der Waals surface area contributed by atoms with Crippen LogP contribution >= 0.6 is 23.1 Å². The number of hydrogen-bond acceptors (Lipinski definition) is 5. The van der Waals surface area contributed by atoms with Crippen LogP contribution in [0.5, 0.6) is 5.75 Å². The van der Waals surface area contributed by atoms with Crippen LogP contribution in [0.15, 0.2) is 88.7 Å². The van der Waals surface area contributed by atoms with Crippen LogP contribution in [0.1, 0.15) is 21.9 Å². The molecule has 7 heteroatoms. The van der Waals surface area contributed by atoms with Gasteiger partial charge in [0.15, 0.2) is 0 Å². The fourth-order valence-electron chi connectivity index (χ4n) is 4.25. The van der Waals surface area contributed by atoms with Gasteiger partial charge in [0.2, 0.25) is 5.91 Å². The first-order chi connectivity index (χ1) is 16.5. The molecule has 0 bridgehead atoms. The van der Waals surface area contributed by atoms with Crippen LogP contribution in [0.2, 0.25) is 0 Å². The molecule has 2 heterocycles. The van der Waals surface area contributed by atoms with E-state index in [-0.39, 0.29) is 22.6 Å². The largest absolute Gasteiger partial charge is 0.497 e. The van der Waals surface area contributed by atoms with E-state index in [1.54, 1.807) is 23.4 Å². The number of anilines is 1. The number of nitrogens with one attached hydrogen (secondary N) is 1. The van der Waals surface area contributed by atoms with Crippen molar-refractivity contribution in [3.8, 4) is 11.4 Å². The van der Waals surface area contributed by atoms with Gasteiger partial charge in [0.05, 0.1) is 23.7 Å². The molecule has 1 aliphatic rings. The summed E-state index contributed by atoms with van der Waals surface area (Å²) in [4.78, 5) is 27.5. The van der Waals surface area contributed by atoms with Gasteiger partial charge < -0.3 is 10.1 Å². The van der Waals surface area contributed by atoms with Crippen molar-refractivity contribution in [2.24, 2.45) is 5.92 Å². The summed E-state index contributed by atoms with van der Waals surface area (Å²) in [5, 5.41) is 4.01. The molecule has 1 N–H and O–H groups in total. The minimum absolute atomic E-state index is 0.0400. The molecular formula is C27H24N2O3S2. The number of thioether (sulfide) groups is 1. The Kier molecular flexibility index (Phi) is 6.30. The highest BCUT2D eigenvalue weighted by Gasteiger charge is 2.39. The standard InChI is InChI=1S/C27H24N2O3S2/c1-17-8-12-19(13-9-17)28-25(30)22-16-33-26-24(23(22)18-10-14-21(32-2)15-11-18)34-27(31)29(26)20-6-4-3-5-7-20/h3-15,22-23H,16H2,1-2H3,(H,28,30)/t22-,23-/m1/s1. The maximum Gasteiger partial charge on any atom is 0.312 e. The lowest BCUT2D eigenvalue weighted by Gasteiger charge is -2.31. The van der Waals surface area contributed by atoms with Gasteiger partial charge in [-0.25, -0.2) is 0 Å². The minimum Gasteiger partial charge on any atom is -0.497 e. The van der Waals surface area contributed by atoms with E-state index in [4.69, 9.17) is 4.74 Å². The zero-order valence-electron chi connectivity index (χ0n) is 18.9. The number of methoxy groups -OCH3 is 1. The molecular weight excluding hydrogens is 464 g/mol. The number of hydrogen-bond donors (Lipinski definition) is 1. The van der Waals surface area contributed by atoms with Crippen molar-refractivity contribution in [3.63, 3.8) is 0 Å². The predicted octanol–water partition coefficient (Wildman–Crippen LogP) is 5.71. The number of aryl methyl sites for hydroxylation is 1. The molecule has 34 heavy (non-hydrogen) atoms. The molecule has 172 valence electrons. The molecule has 1 aromatic heterocycles. The van der Waals surface area contributed by atoms with Crippen molar-refractivity contribution < 1.29 is 9.53 Å². The number of ether oxygens (including phenoxy) is 1. The SMILES string of the molecule is COc1ccc([C@H]2c3sc(=O)n(-c4ccccc4)c3SC[C@H]2C(=O)Nc2ccc(C)cc2)cc1. The quantitative estimate of drug-likeness (QED) is 0.391. The summed E-state index contributed by atoms with van der Waals surface area (Å²) in [5.41, 5.74) is 3.75. The van der Waals surface area contributed by atoms with Crippen molar-refractivity contribution in [3.05, 3.63) is 105 Å². The summed E-state index contributed by atoms with van der Waals surface area (Å²) in [6, 6.07) is 25.3. The van der Waals surface area contributed by atoms with E-state index in [2.05, 4.69) is 5.32 Å². The van der Waals surface area contributed by atoms with Crippen LogP contribution in [0.4, 0.5) is 5.69 Å². The Hall–Kier alpha value is -3.29. The number of benzene rings is 3. The average molecular weight is 489 g/mol. The maximum absolute atomic E-state index is 13.5. The van der Waals surface area contributed by atoms with Gasteiger partial charge in [0, 0.05) is 22.2 Å². The number of rotatable bonds is 5. The Balaban J connectivity index is 1.57. The maximum atomic E-state index is 13.5. The Morgan fingerprint density at radius 1 is 1.00 bits per heavy atom. The fraction of sp³-hybridized carbons (Fsp3) is 0.185. The molecule has 5 rings (SSSR count). The zero-order valence-corrected chi connectivity index (χ0v) is 20.5. The molecule has 5 nitrogen and oxygen atoms in total. The molecule has 4 aromatic rings. The van der Waals surface area contributed by atoms with E-state index in [0.29, 0.717) is 5.75 Å². The second kappa shape index (κ2) is 9.52. The lowest BCUT2D eigenvalue weighted by molar-refractivity contribution is -0.119. The van der Waals surface area contributed by atoms with E-state index in [0.717, 1.165) is 38.2 Å². The van der Waals surface area contributed by atoms with E-state index in [1.165, 1.54) is 11.3 Å². The lowest BCUT2D eigenvalue weighted by Crippen LogP contribution is -2.33. The highest BCUT2D eigenvalue weighted by Crippen LogP contribution is 2.47. The summed E-state index contributed by atoms with van der Waals surface area (Å²) < 4.78 is 7.11. The molecule has 0 saturated carbocycles. The Morgan fingerprint density at radius 2 is 1.71 bits per heavy atom. The fourth-order valence-corrected chi connectivity index (χ4v) is 6.96. The van der Waals surface area contributed by atoms with Gasteiger partial charge in [-0.15, -0.1) is 11.8 Å². The van der Waals surface area contributed by atoms with Gasteiger partial charge in [-0.1, -0.05) is 59.4 Å². The van der Waals surface area contributed by atoms with Gasteiger partial charge in [0.1, 0.15) is 5.75 Å². The van der Waals surface area contributed by atoms with Crippen molar-refractivity contribution in [1.82, 2.24) is 4.57 Å². The predicted molar refractivity (Wildman–Crippen MR) is 139 cm³/mol. The van der Waals surface area contributed by atoms with Crippen LogP contribution in [-0.4, -0.2) is 23.3 Å². The third kappa shape index (κ3) is 4.29. The van der Waals surface area contributed by atoms with E-state index in [9.17, 15) is 9.59 Å². The van der Waals surface area contributed by atoms with Gasteiger partial charge in [-0.2, -0.15) is 0 Å². The van der Waals surface area contributed by atoms with Crippen molar-refractivity contribution in [1.29, 1.82) is 0 Å². The molecule has 1 amide bonds. The first-order valence-electron chi connectivity index (χ1n) is 11.0. The van der Waals surface area contributed by atoms with Crippen molar-refractivity contribution in [2.45, 2.75) is 17.9 Å². The molecule has 0 aliphatic carbocycles. The highest BCUT2D eigenvalue weighted by atomic mass is 32.2. The summed E-state index contributed by atoms with van der Waals surface area (Å²) in [6.07, 6.45) is 0. The zero-order chi connectivity index (χ0) is 23.7. The molecule has 3 aromatic carbocycles. The average Bonchev–Trinajstić information content (AvgIpc) is 3.21. The normalized spacial score (nSPS) is 17.1. The van der Waals surface area contributed by atoms with Gasteiger partial charge in [-0.05, 0) is 48.9 Å². The number of carbonyl (C=O) groups excluding carboxylic acids is 1. The third-order valence-electron chi connectivity index (χ3n) is 6.02. The highest BCUT2D eigenvalue weighted by molar-refractivity contribution is 7.99. The third-order valence-corrected chi connectivity index (χ3v) is 8.38. The Bertz CT molecular complexity index is 1360. The number of amides is 1. The smallest absolute Gasteiger partial charge is 0.312 e. The first kappa shape index (κ1) is 22.5. The van der Waals surface area contributed by atoms with Crippen molar-refractivity contribution in [2.75, 3.05) is 18.2 Å². The van der Waals surface area contributed by atoms with Crippen LogP contribution in [-0.2, 0) is 4.79 Å². The molecule has 0 unspecified atom stereocenters. The summed E-state index contributed by atoms with van der Waals surface area (Å²) in [5.74, 6) is 0.731.